The predicted octanol–water partition coefficient (Wildman–Crippen LogP) is 2.30. The third-order valence-electron chi connectivity index (χ3n) is 4.95. The van der Waals surface area contributed by atoms with E-state index in [9.17, 15) is 0 Å². The molecule has 2 aromatic rings. The third kappa shape index (κ3) is 3.19. The van der Waals surface area contributed by atoms with Gasteiger partial charge in [-0.05, 0) is 39.4 Å². The van der Waals surface area contributed by atoms with Gasteiger partial charge in [-0.25, -0.2) is 0 Å². The van der Waals surface area contributed by atoms with Crippen LogP contribution in [0.15, 0.2) is 16.5 Å². The minimum atomic E-state index is 0.186. The molecule has 1 fully saturated rings. The molecule has 0 N–H and O–H groups in total. The molecule has 6 heteroatoms. The van der Waals surface area contributed by atoms with Gasteiger partial charge in [-0.15, -0.1) is 10.2 Å². The van der Waals surface area contributed by atoms with Gasteiger partial charge in [0.1, 0.15) is 5.69 Å². The molecule has 0 bridgehead atoms. The lowest BCUT2D eigenvalue weighted by Crippen LogP contribution is -2.58. The highest BCUT2D eigenvalue weighted by Gasteiger charge is 2.33. The fraction of sp³-hybridized carbons (Fsp3) is 0.647. The largest absolute Gasteiger partial charge is 0.418 e. The quantitative estimate of drug-likeness (QED) is 0.866. The van der Waals surface area contributed by atoms with Gasteiger partial charge in [0.15, 0.2) is 0 Å². The van der Waals surface area contributed by atoms with Crippen LogP contribution in [0.25, 0.3) is 11.6 Å². The van der Waals surface area contributed by atoms with Crippen LogP contribution in [0.5, 0.6) is 0 Å². The molecule has 0 radical (unpaired) electrons. The summed E-state index contributed by atoms with van der Waals surface area (Å²) in [7, 11) is 2.01. The zero-order valence-electron chi connectivity index (χ0n) is 14.8. The van der Waals surface area contributed by atoms with Crippen molar-refractivity contribution in [2.45, 2.75) is 39.8 Å². The Morgan fingerprint density at radius 2 is 2.00 bits per heavy atom. The number of rotatable bonds is 4. The molecule has 0 aromatic carbocycles. The smallest absolute Gasteiger partial charge is 0.264 e. The van der Waals surface area contributed by atoms with Gasteiger partial charge in [-0.2, -0.15) is 0 Å². The highest BCUT2D eigenvalue weighted by Crippen LogP contribution is 2.23. The van der Waals surface area contributed by atoms with Crippen molar-refractivity contribution in [1.29, 1.82) is 0 Å². The van der Waals surface area contributed by atoms with Gasteiger partial charge in [-0.1, -0.05) is 6.92 Å². The molecule has 0 unspecified atom stereocenters. The van der Waals surface area contributed by atoms with Gasteiger partial charge in [0.05, 0.1) is 6.54 Å². The van der Waals surface area contributed by atoms with Crippen molar-refractivity contribution in [2.75, 3.05) is 26.2 Å². The van der Waals surface area contributed by atoms with E-state index in [1.54, 1.807) is 0 Å². The molecule has 1 saturated heterocycles. The van der Waals surface area contributed by atoms with Crippen LogP contribution in [0.3, 0.4) is 0 Å². The standard InChI is InChI=1S/C17H27N5O/c1-6-22-10-9-21(12-17(22,3)4)11-15-18-19-16(23-15)14-8-7-13(2)20(14)5/h7-8H,6,9-12H2,1-5H3. The van der Waals surface area contributed by atoms with Crippen LogP contribution < -0.4 is 0 Å². The van der Waals surface area contributed by atoms with Gasteiger partial charge < -0.3 is 8.98 Å². The maximum atomic E-state index is 5.89. The molecule has 0 aliphatic carbocycles. The molecule has 23 heavy (non-hydrogen) atoms. The highest BCUT2D eigenvalue weighted by atomic mass is 16.4. The van der Waals surface area contributed by atoms with Gasteiger partial charge in [-0.3, -0.25) is 9.80 Å². The Morgan fingerprint density at radius 1 is 1.22 bits per heavy atom. The summed E-state index contributed by atoms with van der Waals surface area (Å²) < 4.78 is 7.96. The second-order valence-corrected chi connectivity index (χ2v) is 7.02. The summed E-state index contributed by atoms with van der Waals surface area (Å²) in [6.45, 7) is 13.8. The van der Waals surface area contributed by atoms with Crippen LogP contribution in [0, 0.1) is 6.92 Å². The van der Waals surface area contributed by atoms with Gasteiger partial charge >= 0.3 is 0 Å². The first-order valence-corrected chi connectivity index (χ1v) is 8.33. The van der Waals surface area contributed by atoms with Crippen molar-refractivity contribution in [2.24, 2.45) is 7.05 Å². The molecular formula is C17H27N5O. The number of aryl methyl sites for hydroxylation is 1. The Bertz CT molecular complexity index is 672. The summed E-state index contributed by atoms with van der Waals surface area (Å²) in [4.78, 5) is 4.93. The number of piperazine rings is 1. The van der Waals surface area contributed by atoms with E-state index in [2.05, 4.69) is 58.3 Å². The Labute approximate surface area is 138 Å². The first-order chi connectivity index (χ1) is 10.9. The molecule has 6 nitrogen and oxygen atoms in total. The summed E-state index contributed by atoms with van der Waals surface area (Å²) in [6, 6.07) is 4.08. The van der Waals surface area contributed by atoms with E-state index in [0.717, 1.165) is 38.4 Å². The molecule has 1 aliphatic rings. The van der Waals surface area contributed by atoms with Crippen LogP contribution in [-0.2, 0) is 13.6 Å². The number of aromatic nitrogens is 3. The zero-order valence-corrected chi connectivity index (χ0v) is 14.8. The number of nitrogens with zero attached hydrogens (tertiary/aromatic N) is 5. The predicted molar refractivity (Wildman–Crippen MR) is 90.0 cm³/mol. The van der Waals surface area contributed by atoms with E-state index in [4.69, 9.17) is 4.42 Å². The van der Waals surface area contributed by atoms with E-state index in [0.29, 0.717) is 11.8 Å². The second-order valence-electron chi connectivity index (χ2n) is 7.02. The average molecular weight is 317 g/mol. The van der Waals surface area contributed by atoms with Crippen molar-refractivity contribution in [1.82, 2.24) is 24.6 Å². The summed E-state index contributed by atoms with van der Waals surface area (Å²) in [5.74, 6) is 1.29. The Morgan fingerprint density at radius 3 is 2.61 bits per heavy atom. The number of hydrogen-bond donors (Lipinski definition) is 0. The molecule has 3 heterocycles. The monoisotopic (exact) mass is 317 g/mol. The van der Waals surface area contributed by atoms with Gasteiger partial charge in [0.25, 0.3) is 5.89 Å². The SMILES string of the molecule is CCN1CCN(Cc2nnc(-c3ccc(C)n3C)o2)CC1(C)C. The van der Waals surface area contributed by atoms with E-state index in [1.165, 1.54) is 5.69 Å². The van der Waals surface area contributed by atoms with Crippen molar-refractivity contribution in [3.63, 3.8) is 0 Å². The number of hydrogen-bond acceptors (Lipinski definition) is 5. The van der Waals surface area contributed by atoms with E-state index in [-0.39, 0.29) is 5.54 Å². The topological polar surface area (TPSA) is 50.3 Å². The molecule has 2 aromatic heterocycles. The molecule has 0 saturated carbocycles. The lowest BCUT2D eigenvalue weighted by Gasteiger charge is -2.46. The lowest BCUT2D eigenvalue weighted by atomic mass is 9.99. The fourth-order valence-electron chi connectivity index (χ4n) is 3.45. The fourth-order valence-corrected chi connectivity index (χ4v) is 3.45. The summed E-state index contributed by atoms with van der Waals surface area (Å²) in [5, 5.41) is 8.46. The number of likely N-dealkylation sites (N-methyl/N-ethyl adjacent to an activating group) is 1. The first-order valence-electron chi connectivity index (χ1n) is 8.33. The summed E-state index contributed by atoms with van der Waals surface area (Å²) in [5.41, 5.74) is 2.33. The van der Waals surface area contributed by atoms with E-state index in [1.807, 2.05) is 13.1 Å². The van der Waals surface area contributed by atoms with Crippen molar-refractivity contribution < 1.29 is 4.42 Å². The highest BCUT2D eigenvalue weighted by molar-refractivity contribution is 5.48. The maximum Gasteiger partial charge on any atom is 0.264 e. The Kier molecular flexibility index (Phi) is 4.29. The van der Waals surface area contributed by atoms with Crippen molar-refractivity contribution in [3.05, 3.63) is 23.7 Å². The molecule has 0 amide bonds. The minimum absolute atomic E-state index is 0.186. The van der Waals surface area contributed by atoms with Gasteiger partial charge in [0, 0.05) is 37.9 Å². The summed E-state index contributed by atoms with van der Waals surface area (Å²) in [6.07, 6.45) is 0. The molecule has 3 rings (SSSR count). The normalized spacial score (nSPS) is 19.3. The average Bonchev–Trinajstić information content (AvgIpc) is 3.06. The molecular weight excluding hydrogens is 290 g/mol. The Hall–Kier alpha value is -1.66. The molecule has 0 spiro atoms. The van der Waals surface area contributed by atoms with Crippen molar-refractivity contribution in [3.8, 4) is 11.6 Å². The summed E-state index contributed by atoms with van der Waals surface area (Å²) >= 11 is 0. The molecule has 126 valence electrons. The van der Waals surface area contributed by atoms with Crippen LogP contribution in [0.4, 0.5) is 0 Å². The van der Waals surface area contributed by atoms with Crippen LogP contribution >= 0.6 is 0 Å². The van der Waals surface area contributed by atoms with Crippen LogP contribution in [0.2, 0.25) is 0 Å². The third-order valence-corrected chi connectivity index (χ3v) is 4.95. The molecule has 1 aliphatic heterocycles. The minimum Gasteiger partial charge on any atom is -0.418 e. The van der Waals surface area contributed by atoms with Crippen LogP contribution in [0.1, 0.15) is 32.4 Å². The Balaban J connectivity index is 1.69. The van der Waals surface area contributed by atoms with E-state index >= 15 is 0 Å². The van der Waals surface area contributed by atoms with Gasteiger partial charge in [0.2, 0.25) is 5.89 Å². The zero-order chi connectivity index (χ0) is 16.6. The second kappa shape index (κ2) is 6.09. The molecule has 0 atom stereocenters. The van der Waals surface area contributed by atoms with E-state index < -0.39 is 0 Å². The maximum absolute atomic E-state index is 5.89. The van der Waals surface area contributed by atoms with Crippen molar-refractivity contribution >= 4 is 0 Å². The first kappa shape index (κ1) is 16.2. The van der Waals surface area contributed by atoms with Crippen LogP contribution in [-0.4, -0.2) is 56.3 Å². The lowest BCUT2D eigenvalue weighted by molar-refractivity contribution is 0.0168.